The van der Waals surface area contributed by atoms with Crippen LogP contribution in [-0.2, 0) is 14.3 Å². The van der Waals surface area contributed by atoms with Crippen LogP contribution in [0.2, 0.25) is 0 Å². The van der Waals surface area contributed by atoms with Gasteiger partial charge in [-0.25, -0.2) is 0 Å². The second-order valence-electron chi connectivity index (χ2n) is 5.61. The number of ether oxygens (including phenoxy) is 1. The summed E-state index contributed by atoms with van der Waals surface area (Å²) in [6.07, 6.45) is 5.41. The Balaban J connectivity index is 2.24. The molecule has 0 heterocycles. The Labute approximate surface area is 120 Å². The second kappa shape index (κ2) is 8.74. The third-order valence-electron chi connectivity index (χ3n) is 3.30. The van der Waals surface area contributed by atoms with Gasteiger partial charge in [0.25, 0.3) is 0 Å². The largest absolute Gasteiger partial charge is 0.481 e. The number of carbonyl (C=O) groups excluding carboxylic acids is 1. The predicted molar refractivity (Wildman–Crippen MR) is 76.3 cm³/mol. The molecule has 1 rings (SSSR count). The van der Waals surface area contributed by atoms with Gasteiger partial charge in [0.05, 0.1) is 11.8 Å². The zero-order valence-corrected chi connectivity index (χ0v) is 12.3. The van der Waals surface area contributed by atoms with Crippen LogP contribution in [-0.4, -0.2) is 36.7 Å². The standard InChI is InChI=1S/C15H25NO4/c1-11(2)10-20-9-5-8-16-14(17)12-6-3-4-7-13(12)15(18)19/h3-4,11-13H,5-10H2,1-2H3,(H,16,17)(H,18,19)/t12-,13+/m1/s1. The van der Waals surface area contributed by atoms with Crippen LogP contribution in [0.4, 0.5) is 0 Å². The van der Waals surface area contributed by atoms with E-state index in [0.717, 1.165) is 13.0 Å². The first-order chi connectivity index (χ1) is 9.52. The molecule has 0 bridgehead atoms. The Kier molecular flexibility index (Phi) is 7.30. The van der Waals surface area contributed by atoms with Crippen LogP contribution in [0, 0.1) is 17.8 Å². The van der Waals surface area contributed by atoms with Crippen LogP contribution < -0.4 is 5.32 Å². The molecule has 0 fully saturated rings. The smallest absolute Gasteiger partial charge is 0.307 e. The van der Waals surface area contributed by atoms with Gasteiger partial charge in [0.1, 0.15) is 0 Å². The normalized spacial score (nSPS) is 21.9. The number of aliphatic carboxylic acids is 1. The Morgan fingerprint density at radius 1 is 1.30 bits per heavy atom. The third kappa shape index (κ3) is 5.74. The summed E-state index contributed by atoms with van der Waals surface area (Å²) < 4.78 is 5.43. The van der Waals surface area contributed by atoms with E-state index in [1.54, 1.807) is 0 Å². The van der Waals surface area contributed by atoms with Crippen LogP contribution in [0.3, 0.4) is 0 Å². The molecular formula is C15H25NO4. The van der Waals surface area contributed by atoms with E-state index in [-0.39, 0.29) is 5.91 Å². The molecule has 0 radical (unpaired) electrons. The first-order valence-corrected chi connectivity index (χ1v) is 7.25. The third-order valence-corrected chi connectivity index (χ3v) is 3.30. The number of hydrogen-bond donors (Lipinski definition) is 2. The number of amides is 1. The Hall–Kier alpha value is -1.36. The number of rotatable bonds is 8. The van der Waals surface area contributed by atoms with Crippen molar-refractivity contribution < 1.29 is 19.4 Å². The highest BCUT2D eigenvalue weighted by molar-refractivity contribution is 5.85. The number of carboxylic acid groups (broad SMARTS) is 1. The quantitative estimate of drug-likeness (QED) is 0.526. The monoisotopic (exact) mass is 283 g/mol. The van der Waals surface area contributed by atoms with E-state index < -0.39 is 17.8 Å². The molecule has 1 aliphatic rings. The van der Waals surface area contributed by atoms with Gasteiger partial charge in [-0.3, -0.25) is 9.59 Å². The van der Waals surface area contributed by atoms with Crippen molar-refractivity contribution in [2.45, 2.75) is 33.1 Å². The fraction of sp³-hybridized carbons (Fsp3) is 0.733. The molecule has 0 saturated carbocycles. The molecule has 1 aliphatic carbocycles. The highest BCUT2D eigenvalue weighted by Gasteiger charge is 2.33. The zero-order chi connectivity index (χ0) is 15.0. The van der Waals surface area contributed by atoms with Gasteiger partial charge in [0.2, 0.25) is 5.91 Å². The summed E-state index contributed by atoms with van der Waals surface area (Å²) in [6.45, 7) is 6.05. The van der Waals surface area contributed by atoms with Crippen molar-refractivity contribution in [3.63, 3.8) is 0 Å². The van der Waals surface area contributed by atoms with E-state index in [4.69, 9.17) is 9.84 Å². The summed E-state index contributed by atoms with van der Waals surface area (Å²) >= 11 is 0. The second-order valence-corrected chi connectivity index (χ2v) is 5.61. The number of allylic oxidation sites excluding steroid dienone is 2. The summed E-state index contributed by atoms with van der Waals surface area (Å²) in [5, 5.41) is 11.9. The van der Waals surface area contributed by atoms with Crippen LogP contribution >= 0.6 is 0 Å². The molecule has 0 aliphatic heterocycles. The minimum Gasteiger partial charge on any atom is -0.481 e. The number of nitrogens with one attached hydrogen (secondary N) is 1. The number of carboxylic acids is 1. The van der Waals surface area contributed by atoms with Crippen molar-refractivity contribution in [3.05, 3.63) is 12.2 Å². The van der Waals surface area contributed by atoms with Gasteiger partial charge in [0.15, 0.2) is 0 Å². The van der Waals surface area contributed by atoms with Crippen molar-refractivity contribution >= 4 is 11.9 Å². The fourth-order valence-electron chi connectivity index (χ4n) is 2.21. The van der Waals surface area contributed by atoms with Gasteiger partial charge in [0, 0.05) is 19.8 Å². The molecule has 5 heteroatoms. The van der Waals surface area contributed by atoms with Crippen LogP contribution in [0.25, 0.3) is 0 Å². The minimum atomic E-state index is -0.894. The van der Waals surface area contributed by atoms with Crippen LogP contribution in [0.1, 0.15) is 33.1 Å². The minimum absolute atomic E-state index is 0.161. The predicted octanol–water partition coefficient (Wildman–Crippen LogP) is 1.83. The van der Waals surface area contributed by atoms with E-state index in [1.807, 2.05) is 12.2 Å². The van der Waals surface area contributed by atoms with Gasteiger partial charge in [-0.05, 0) is 25.2 Å². The van der Waals surface area contributed by atoms with Gasteiger partial charge in [-0.15, -0.1) is 0 Å². The van der Waals surface area contributed by atoms with E-state index in [9.17, 15) is 9.59 Å². The van der Waals surface area contributed by atoms with Crippen LogP contribution in [0.5, 0.6) is 0 Å². The average Bonchev–Trinajstić information content (AvgIpc) is 2.42. The summed E-state index contributed by atoms with van der Waals surface area (Å²) in [4.78, 5) is 23.1. The SMILES string of the molecule is CC(C)COCCCNC(=O)[C@@H]1CC=CC[C@@H]1C(=O)O. The van der Waals surface area contributed by atoms with E-state index in [2.05, 4.69) is 19.2 Å². The van der Waals surface area contributed by atoms with Crippen molar-refractivity contribution in [2.75, 3.05) is 19.8 Å². The molecule has 0 spiro atoms. The first kappa shape index (κ1) is 16.7. The lowest BCUT2D eigenvalue weighted by atomic mass is 9.82. The zero-order valence-electron chi connectivity index (χ0n) is 12.3. The summed E-state index contributed by atoms with van der Waals surface area (Å²) in [6, 6.07) is 0. The average molecular weight is 283 g/mol. The number of carbonyl (C=O) groups is 2. The lowest BCUT2D eigenvalue weighted by Gasteiger charge is -2.24. The summed E-state index contributed by atoms with van der Waals surface area (Å²) in [5.74, 6) is -1.60. The molecule has 2 atom stereocenters. The van der Waals surface area contributed by atoms with Crippen LogP contribution in [0.15, 0.2) is 12.2 Å². The fourth-order valence-corrected chi connectivity index (χ4v) is 2.21. The van der Waals surface area contributed by atoms with Gasteiger partial charge in [-0.1, -0.05) is 26.0 Å². The maximum Gasteiger partial charge on any atom is 0.307 e. The molecule has 0 saturated heterocycles. The van der Waals surface area contributed by atoms with E-state index in [0.29, 0.717) is 31.9 Å². The van der Waals surface area contributed by atoms with Gasteiger partial charge < -0.3 is 15.2 Å². The summed E-state index contributed by atoms with van der Waals surface area (Å²) in [7, 11) is 0. The van der Waals surface area contributed by atoms with Crippen molar-refractivity contribution in [1.29, 1.82) is 0 Å². The van der Waals surface area contributed by atoms with Gasteiger partial charge in [-0.2, -0.15) is 0 Å². The maximum absolute atomic E-state index is 12.0. The Morgan fingerprint density at radius 2 is 1.95 bits per heavy atom. The van der Waals surface area contributed by atoms with E-state index >= 15 is 0 Å². The molecule has 0 aromatic heterocycles. The highest BCUT2D eigenvalue weighted by atomic mass is 16.5. The maximum atomic E-state index is 12.0. The molecule has 0 aromatic carbocycles. The van der Waals surface area contributed by atoms with Crippen molar-refractivity contribution in [2.24, 2.45) is 17.8 Å². The first-order valence-electron chi connectivity index (χ1n) is 7.25. The molecule has 0 unspecified atom stereocenters. The topological polar surface area (TPSA) is 75.6 Å². The van der Waals surface area contributed by atoms with Crippen molar-refractivity contribution in [1.82, 2.24) is 5.32 Å². The molecule has 1 amide bonds. The molecule has 114 valence electrons. The molecular weight excluding hydrogens is 258 g/mol. The molecule has 20 heavy (non-hydrogen) atoms. The lowest BCUT2D eigenvalue weighted by molar-refractivity contribution is -0.147. The Morgan fingerprint density at radius 3 is 2.55 bits per heavy atom. The summed E-state index contributed by atoms with van der Waals surface area (Å²) in [5.41, 5.74) is 0. The molecule has 2 N–H and O–H groups in total. The van der Waals surface area contributed by atoms with Crippen molar-refractivity contribution in [3.8, 4) is 0 Å². The van der Waals surface area contributed by atoms with Gasteiger partial charge >= 0.3 is 5.97 Å². The number of hydrogen-bond acceptors (Lipinski definition) is 3. The lowest BCUT2D eigenvalue weighted by Crippen LogP contribution is -2.39. The highest BCUT2D eigenvalue weighted by Crippen LogP contribution is 2.25. The molecule has 5 nitrogen and oxygen atoms in total. The molecule has 0 aromatic rings. The van der Waals surface area contributed by atoms with E-state index in [1.165, 1.54) is 0 Å². The Bertz CT molecular complexity index is 352.